The van der Waals surface area contributed by atoms with Crippen LogP contribution in [0, 0.1) is 0 Å². The number of carbonyl (C=O) groups excluding carboxylic acids is 1. The zero-order chi connectivity index (χ0) is 16.2. The van der Waals surface area contributed by atoms with Crippen molar-refractivity contribution >= 4 is 22.6 Å². The minimum Gasteiger partial charge on any atom is -0.444 e. The van der Waals surface area contributed by atoms with Crippen LogP contribution in [0.25, 0.3) is 10.8 Å². The van der Waals surface area contributed by atoms with Crippen molar-refractivity contribution in [1.29, 1.82) is 0 Å². The van der Waals surface area contributed by atoms with Crippen molar-refractivity contribution < 1.29 is 9.53 Å². The van der Waals surface area contributed by atoms with Crippen molar-refractivity contribution in [3.05, 3.63) is 36.7 Å². The smallest absolute Gasteiger partial charge is 0.407 e. The van der Waals surface area contributed by atoms with Crippen molar-refractivity contribution in [2.75, 3.05) is 11.9 Å². The van der Waals surface area contributed by atoms with Crippen LogP contribution in [0.5, 0.6) is 0 Å². The van der Waals surface area contributed by atoms with Crippen LogP contribution in [0.3, 0.4) is 0 Å². The van der Waals surface area contributed by atoms with Crippen molar-refractivity contribution in [3.8, 4) is 0 Å². The number of anilines is 1. The van der Waals surface area contributed by atoms with Crippen LogP contribution in [0.15, 0.2) is 36.7 Å². The second-order valence-corrected chi connectivity index (χ2v) is 6.33. The Morgan fingerprint density at radius 1 is 1.32 bits per heavy atom. The Morgan fingerprint density at radius 2 is 2.09 bits per heavy atom. The molecule has 0 aliphatic rings. The van der Waals surface area contributed by atoms with Gasteiger partial charge in [0.05, 0.1) is 0 Å². The van der Waals surface area contributed by atoms with Crippen LogP contribution in [0.4, 0.5) is 10.5 Å². The van der Waals surface area contributed by atoms with Gasteiger partial charge in [-0.25, -0.2) is 4.79 Å². The molecular weight excluding hydrogens is 278 g/mol. The first-order chi connectivity index (χ1) is 10.3. The van der Waals surface area contributed by atoms with Crippen LogP contribution in [-0.2, 0) is 4.74 Å². The second-order valence-electron chi connectivity index (χ2n) is 6.33. The molecule has 1 amide bonds. The lowest BCUT2D eigenvalue weighted by Gasteiger charge is -2.21. The highest BCUT2D eigenvalue weighted by molar-refractivity contribution is 5.93. The molecule has 1 aromatic carbocycles. The molecule has 5 heteroatoms. The Morgan fingerprint density at radius 3 is 2.82 bits per heavy atom. The SMILES string of the molecule is CC(CNC(=O)OC(C)(C)C)Nc1cccc2cnccc12. The first-order valence-electron chi connectivity index (χ1n) is 7.41. The number of nitrogens with one attached hydrogen (secondary N) is 2. The lowest BCUT2D eigenvalue weighted by Crippen LogP contribution is -2.38. The number of ether oxygens (including phenoxy) is 1. The Bertz CT molecular complexity index is 644. The normalized spacial score (nSPS) is 12.7. The number of benzene rings is 1. The number of rotatable bonds is 4. The molecule has 5 nitrogen and oxygen atoms in total. The van der Waals surface area contributed by atoms with Gasteiger partial charge >= 0.3 is 6.09 Å². The van der Waals surface area contributed by atoms with Gasteiger partial charge in [0, 0.05) is 41.4 Å². The monoisotopic (exact) mass is 301 g/mol. The molecule has 0 saturated carbocycles. The number of fused-ring (bicyclic) bond motifs is 1. The van der Waals surface area contributed by atoms with E-state index in [9.17, 15) is 4.79 Å². The minimum atomic E-state index is -0.483. The topological polar surface area (TPSA) is 63.2 Å². The maximum Gasteiger partial charge on any atom is 0.407 e. The summed E-state index contributed by atoms with van der Waals surface area (Å²) in [6.45, 7) is 8.03. The van der Waals surface area contributed by atoms with Crippen molar-refractivity contribution in [2.24, 2.45) is 0 Å². The quantitative estimate of drug-likeness (QED) is 0.906. The van der Waals surface area contributed by atoms with Crippen LogP contribution < -0.4 is 10.6 Å². The molecular formula is C17H23N3O2. The molecule has 118 valence electrons. The molecule has 0 radical (unpaired) electrons. The summed E-state index contributed by atoms with van der Waals surface area (Å²) in [7, 11) is 0. The van der Waals surface area contributed by atoms with E-state index in [2.05, 4.69) is 15.6 Å². The van der Waals surface area contributed by atoms with E-state index in [1.807, 2.05) is 58.2 Å². The van der Waals surface area contributed by atoms with Crippen molar-refractivity contribution in [1.82, 2.24) is 10.3 Å². The summed E-state index contributed by atoms with van der Waals surface area (Å²) >= 11 is 0. The molecule has 22 heavy (non-hydrogen) atoms. The lowest BCUT2D eigenvalue weighted by molar-refractivity contribution is 0.0526. The van der Waals surface area contributed by atoms with E-state index in [1.165, 1.54) is 0 Å². The lowest BCUT2D eigenvalue weighted by atomic mass is 10.1. The summed E-state index contributed by atoms with van der Waals surface area (Å²) in [6.07, 6.45) is 3.21. The minimum absolute atomic E-state index is 0.0753. The van der Waals surface area contributed by atoms with E-state index in [0.717, 1.165) is 16.5 Å². The summed E-state index contributed by atoms with van der Waals surface area (Å²) in [4.78, 5) is 15.8. The predicted octanol–water partition coefficient (Wildman–Crippen LogP) is 3.56. The molecule has 2 aromatic rings. The van der Waals surface area contributed by atoms with Gasteiger partial charge in [0.2, 0.25) is 0 Å². The summed E-state index contributed by atoms with van der Waals surface area (Å²) in [6, 6.07) is 8.08. The van der Waals surface area contributed by atoms with E-state index in [1.54, 1.807) is 6.20 Å². The maximum absolute atomic E-state index is 11.7. The Labute approximate surface area is 131 Å². The Hall–Kier alpha value is -2.30. The fourth-order valence-electron chi connectivity index (χ4n) is 2.12. The van der Waals surface area contributed by atoms with Gasteiger partial charge in [-0.2, -0.15) is 0 Å². The maximum atomic E-state index is 11.7. The molecule has 0 aliphatic carbocycles. The van der Waals surface area contributed by atoms with E-state index < -0.39 is 11.7 Å². The van der Waals surface area contributed by atoms with Gasteiger partial charge in [-0.1, -0.05) is 12.1 Å². The molecule has 0 saturated heterocycles. The third-order valence-corrected chi connectivity index (χ3v) is 3.03. The first kappa shape index (κ1) is 16.1. The molecule has 0 bridgehead atoms. The Balaban J connectivity index is 1.94. The molecule has 1 unspecified atom stereocenters. The molecule has 1 aromatic heterocycles. The van der Waals surface area contributed by atoms with E-state index in [-0.39, 0.29) is 6.04 Å². The highest BCUT2D eigenvalue weighted by Gasteiger charge is 2.16. The van der Waals surface area contributed by atoms with Crippen LogP contribution in [0.1, 0.15) is 27.7 Å². The van der Waals surface area contributed by atoms with Crippen molar-refractivity contribution in [3.63, 3.8) is 0 Å². The molecule has 0 spiro atoms. The number of carbonyl (C=O) groups is 1. The van der Waals surface area contributed by atoms with Gasteiger partial charge in [0.1, 0.15) is 5.60 Å². The first-order valence-corrected chi connectivity index (χ1v) is 7.41. The zero-order valence-electron chi connectivity index (χ0n) is 13.5. The van der Waals surface area contributed by atoms with Gasteiger partial charge in [0.25, 0.3) is 0 Å². The fourth-order valence-corrected chi connectivity index (χ4v) is 2.12. The Kier molecular flexibility index (Phi) is 4.85. The van der Waals surface area contributed by atoms with Crippen molar-refractivity contribution in [2.45, 2.75) is 39.3 Å². The third kappa shape index (κ3) is 4.62. The number of alkyl carbamates (subject to hydrolysis) is 1. The fraction of sp³-hybridized carbons (Fsp3) is 0.412. The summed E-state index contributed by atoms with van der Waals surface area (Å²) in [5.74, 6) is 0. The molecule has 0 fully saturated rings. The second kappa shape index (κ2) is 6.64. The highest BCUT2D eigenvalue weighted by atomic mass is 16.6. The van der Waals surface area contributed by atoms with Crippen LogP contribution in [0.2, 0.25) is 0 Å². The molecule has 2 rings (SSSR count). The third-order valence-electron chi connectivity index (χ3n) is 3.03. The number of aromatic nitrogens is 1. The number of hydrogen-bond donors (Lipinski definition) is 2. The highest BCUT2D eigenvalue weighted by Crippen LogP contribution is 2.22. The number of pyridine rings is 1. The number of hydrogen-bond acceptors (Lipinski definition) is 4. The standard InChI is InChI=1S/C17H23N3O2/c1-12(10-19-16(21)22-17(2,3)4)20-15-7-5-6-13-11-18-9-8-14(13)15/h5-9,11-12,20H,10H2,1-4H3,(H,19,21). The predicted molar refractivity (Wildman–Crippen MR) is 89.1 cm³/mol. The molecule has 0 aliphatic heterocycles. The average Bonchev–Trinajstić information content (AvgIpc) is 2.44. The van der Waals surface area contributed by atoms with Crippen LogP contribution >= 0.6 is 0 Å². The molecule has 1 heterocycles. The number of nitrogens with zero attached hydrogens (tertiary/aromatic N) is 1. The van der Waals surface area contributed by atoms with Gasteiger partial charge in [0.15, 0.2) is 0 Å². The van der Waals surface area contributed by atoms with E-state index in [0.29, 0.717) is 6.54 Å². The van der Waals surface area contributed by atoms with Gasteiger partial charge in [-0.3, -0.25) is 4.98 Å². The molecule has 2 N–H and O–H groups in total. The van der Waals surface area contributed by atoms with Crippen LogP contribution in [-0.4, -0.2) is 29.3 Å². The largest absolute Gasteiger partial charge is 0.444 e. The van der Waals surface area contributed by atoms with Gasteiger partial charge in [-0.15, -0.1) is 0 Å². The number of amides is 1. The zero-order valence-corrected chi connectivity index (χ0v) is 13.5. The van der Waals surface area contributed by atoms with E-state index in [4.69, 9.17) is 4.74 Å². The van der Waals surface area contributed by atoms with Gasteiger partial charge in [-0.05, 0) is 39.8 Å². The van der Waals surface area contributed by atoms with E-state index >= 15 is 0 Å². The van der Waals surface area contributed by atoms with Gasteiger partial charge < -0.3 is 15.4 Å². The molecule has 1 atom stereocenters. The summed E-state index contributed by atoms with van der Waals surface area (Å²) in [5.41, 5.74) is 0.544. The summed E-state index contributed by atoms with van der Waals surface area (Å²) < 4.78 is 5.22. The summed E-state index contributed by atoms with van der Waals surface area (Å²) in [5, 5.41) is 8.37. The average molecular weight is 301 g/mol.